The maximum absolute atomic E-state index is 11.8. The van der Waals surface area contributed by atoms with Gasteiger partial charge >= 0.3 is 0 Å². The van der Waals surface area contributed by atoms with Crippen LogP contribution in [-0.4, -0.2) is 76.0 Å². The smallest absolute Gasteiger partial charge is 0.220 e. The minimum atomic E-state index is -1.93. The Morgan fingerprint density at radius 2 is 1.18 bits per heavy atom. The molecule has 1 atom stereocenters. The number of ether oxygens (including phenoxy) is 4. The topological polar surface area (TPSA) is 77.4 Å². The molecule has 0 radical (unpaired) electrons. The molecule has 0 heterocycles. The SMILES string of the molecule is OCCOCCOCCOCCOCC(O)F. The second-order valence-corrected chi connectivity index (χ2v) is 3.07. The fourth-order valence-corrected chi connectivity index (χ4v) is 0.905. The zero-order chi connectivity index (χ0) is 12.8. The fourth-order valence-electron chi connectivity index (χ4n) is 0.905. The summed E-state index contributed by atoms with van der Waals surface area (Å²) in [5.74, 6) is 0. The van der Waals surface area contributed by atoms with Crippen molar-refractivity contribution in [1.82, 2.24) is 0 Å². The van der Waals surface area contributed by atoms with E-state index in [0.29, 0.717) is 39.6 Å². The van der Waals surface area contributed by atoms with Gasteiger partial charge < -0.3 is 29.2 Å². The van der Waals surface area contributed by atoms with Crippen molar-refractivity contribution in [3.05, 3.63) is 0 Å². The molecule has 0 aliphatic carbocycles. The summed E-state index contributed by atoms with van der Waals surface area (Å²) in [6.07, 6.45) is -1.93. The van der Waals surface area contributed by atoms with Gasteiger partial charge in [-0.05, 0) is 0 Å². The first kappa shape index (κ1) is 16.7. The zero-order valence-corrected chi connectivity index (χ0v) is 9.85. The molecule has 17 heavy (non-hydrogen) atoms. The molecule has 0 fully saturated rings. The Morgan fingerprint density at radius 3 is 1.59 bits per heavy atom. The highest BCUT2D eigenvalue weighted by molar-refractivity contribution is 4.36. The molecular weight excluding hydrogens is 235 g/mol. The molecule has 104 valence electrons. The minimum absolute atomic E-state index is 0.0106. The van der Waals surface area contributed by atoms with Crippen molar-refractivity contribution in [2.45, 2.75) is 6.36 Å². The Bertz CT molecular complexity index is 147. The third-order valence-corrected chi connectivity index (χ3v) is 1.61. The summed E-state index contributed by atoms with van der Waals surface area (Å²) >= 11 is 0. The van der Waals surface area contributed by atoms with Crippen LogP contribution >= 0.6 is 0 Å². The predicted molar refractivity (Wildman–Crippen MR) is 57.5 cm³/mol. The second kappa shape index (κ2) is 13.8. The molecule has 7 heteroatoms. The molecule has 0 saturated carbocycles. The third-order valence-electron chi connectivity index (χ3n) is 1.61. The summed E-state index contributed by atoms with van der Waals surface area (Å²) in [5, 5.41) is 16.6. The van der Waals surface area contributed by atoms with Gasteiger partial charge in [-0.1, -0.05) is 0 Å². The number of alkyl halides is 1. The number of aliphatic hydroxyl groups excluding tert-OH is 2. The number of hydrogen-bond acceptors (Lipinski definition) is 6. The fraction of sp³-hybridized carbons (Fsp3) is 1.00. The number of rotatable bonds is 13. The van der Waals surface area contributed by atoms with E-state index >= 15 is 0 Å². The molecule has 0 rings (SSSR count). The molecule has 0 saturated heterocycles. The third kappa shape index (κ3) is 15.7. The van der Waals surface area contributed by atoms with Gasteiger partial charge in [0.1, 0.15) is 6.61 Å². The second-order valence-electron chi connectivity index (χ2n) is 3.07. The van der Waals surface area contributed by atoms with Crippen LogP contribution in [0.15, 0.2) is 0 Å². The van der Waals surface area contributed by atoms with Gasteiger partial charge in [-0.25, -0.2) is 4.39 Å². The van der Waals surface area contributed by atoms with Crippen molar-refractivity contribution in [3.8, 4) is 0 Å². The first-order chi connectivity index (χ1) is 8.27. The molecule has 0 spiro atoms. The van der Waals surface area contributed by atoms with Gasteiger partial charge in [0.15, 0.2) is 0 Å². The summed E-state index contributed by atoms with van der Waals surface area (Å²) in [4.78, 5) is 0. The van der Waals surface area contributed by atoms with Crippen molar-refractivity contribution >= 4 is 0 Å². The van der Waals surface area contributed by atoms with Gasteiger partial charge in [0.25, 0.3) is 0 Å². The molecular formula is C10H21FO6. The van der Waals surface area contributed by atoms with Crippen molar-refractivity contribution in [2.24, 2.45) is 0 Å². The molecule has 6 nitrogen and oxygen atoms in total. The molecule has 0 aliphatic rings. The summed E-state index contributed by atoms with van der Waals surface area (Å²) in [6.45, 7) is 2.32. The molecule has 0 aromatic heterocycles. The lowest BCUT2D eigenvalue weighted by atomic mass is 10.7. The summed E-state index contributed by atoms with van der Waals surface area (Å²) < 4.78 is 31.8. The van der Waals surface area contributed by atoms with E-state index in [9.17, 15) is 4.39 Å². The molecule has 0 amide bonds. The van der Waals surface area contributed by atoms with E-state index in [1.807, 2.05) is 0 Å². The number of halogens is 1. The zero-order valence-electron chi connectivity index (χ0n) is 9.85. The summed E-state index contributed by atoms with van der Waals surface area (Å²) in [7, 11) is 0. The van der Waals surface area contributed by atoms with Crippen LogP contribution in [-0.2, 0) is 18.9 Å². The van der Waals surface area contributed by atoms with Gasteiger partial charge in [0, 0.05) is 0 Å². The first-order valence-electron chi connectivity index (χ1n) is 5.51. The standard InChI is InChI=1S/C10H21FO6/c11-10(13)9-17-8-7-16-6-5-15-4-3-14-2-1-12/h10,12-13H,1-9H2. The van der Waals surface area contributed by atoms with Gasteiger partial charge in [-0.3, -0.25) is 0 Å². The summed E-state index contributed by atoms with van der Waals surface area (Å²) in [6, 6.07) is 0. The van der Waals surface area contributed by atoms with Crippen molar-refractivity contribution in [1.29, 1.82) is 0 Å². The lowest BCUT2D eigenvalue weighted by Gasteiger charge is -2.07. The number of aliphatic hydroxyl groups is 2. The van der Waals surface area contributed by atoms with Gasteiger partial charge in [-0.15, -0.1) is 0 Å². The molecule has 1 unspecified atom stereocenters. The van der Waals surface area contributed by atoms with Crippen LogP contribution in [0, 0.1) is 0 Å². The predicted octanol–water partition coefficient (Wildman–Crippen LogP) is -0.667. The highest BCUT2D eigenvalue weighted by Crippen LogP contribution is 1.86. The minimum Gasteiger partial charge on any atom is -0.394 e. The average Bonchev–Trinajstić information content (AvgIpc) is 2.30. The first-order valence-corrected chi connectivity index (χ1v) is 5.51. The van der Waals surface area contributed by atoms with E-state index in [2.05, 4.69) is 0 Å². The van der Waals surface area contributed by atoms with E-state index in [-0.39, 0.29) is 19.8 Å². The monoisotopic (exact) mass is 256 g/mol. The van der Waals surface area contributed by atoms with Gasteiger partial charge in [0.2, 0.25) is 6.36 Å². The Kier molecular flexibility index (Phi) is 13.5. The number of hydrogen-bond donors (Lipinski definition) is 2. The van der Waals surface area contributed by atoms with E-state index in [0.717, 1.165) is 0 Å². The maximum atomic E-state index is 11.8. The lowest BCUT2D eigenvalue weighted by Crippen LogP contribution is -2.15. The van der Waals surface area contributed by atoms with E-state index in [1.54, 1.807) is 0 Å². The Labute approximate surface area is 100 Å². The average molecular weight is 256 g/mol. The van der Waals surface area contributed by atoms with Gasteiger partial charge in [-0.2, -0.15) is 0 Å². The Morgan fingerprint density at radius 1 is 0.765 bits per heavy atom. The van der Waals surface area contributed by atoms with Crippen molar-refractivity contribution in [2.75, 3.05) is 59.5 Å². The van der Waals surface area contributed by atoms with Crippen molar-refractivity contribution < 1.29 is 33.6 Å². The highest BCUT2D eigenvalue weighted by atomic mass is 19.1. The Balaban J connectivity index is 2.89. The van der Waals surface area contributed by atoms with E-state index < -0.39 is 6.36 Å². The molecule has 0 aromatic carbocycles. The molecule has 0 bridgehead atoms. The van der Waals surface area contributed by atoms with E-state index in [1.165, 1.54) is 0 Å². The quantitative estimate of drug-likeness (QED) is 0.426. The van der Waals surface area contributed by atoms with Crippen LogP contribution in [0.3, 0.4) is 0 Å². The normalized spacial score (nSPS) is 12.9. The van der Waals surface area contributed by atoms with Crippen molar-refractivity contribution in [3.63, 3.8) is 0 Å². The maximum Gasteiger partial charge on any atom is 0.220 e. The van der Waals surface area contributed by atoms with Gasteiger partial charge in [0.05, 0.1) is 52.9 Å². The van der Waals surface area contributed by atoms with Crippen LogP contribution in [0.4, 0.5) is 4.39 Å². The van der Waals surface area contributed by atoms with Crippen LogP contribution in [0.25, 0.3) is 0 Å². The highest BCUT2D eigenvalue weighted by Gasteiger charge is 1.98. The largest absolute Gasteiger partial charge is 0.394 e. The Hall–Kier alpha value is -0.310. The summed E-state index contributed by atoms with van der Waals surface area (Å²) in [5.41, 5.74) is 0. The van der Waals surface area contributed by atoms with Crippen LogP contribution in [0.2, 0.25) is 0 Å². The van der Waals surface area contributed by atoms with Crippen LogP contribution in [0.5, 0.6) is 0 Å². The van der Waals surface area contributed by atoms with Crippen LogP contribution < -0.4 is 0 Å². The molecule has 0 aliphatic heterocycles. The molecule has 2 N–H and O–H groups in total. The molecule has 0 aromatic rings. The van der Waals surface area contributed by atoms with Crippen LogP contribution in [0.1, 0.15) is 0 Å². The lowest BCUT2D eigenvalue weighted by molar-refractivity contribution is -0.0553. The van der Waals surface area contributed by atoms with E-state index in [4.69, 9.17) is 29.2 Å².